The Morgan fingerprint density at radius 2 is 1.45 bits per heavy atom. The smallest absolute Gasteiger partial charge is 0.310 e. The van der Waals surface area contributed by atoms with Gasteiger partial charge < -0.3 is 19.0 Å². The second kappa shape index (κ2) is 14.6. The lowest BCUT2D eigenvalue weighted by Gasteiger charge is -2.21. The van der Waals surface area contributed by atoms with Gasteiger partial charge in [-0.2, -0.15) is 0 Å². The van der Waals surface area contributed by atoms with E-state index in [9.17, 15) is 24.5 Å². The van der Waals surface area contributed by atoms with E-state index in [4.69, 9.17) is 14.2 Å². The molecule has 0 N–H and O–H groups in total. The van der Waals surface area contributed by atoms with E-state index in [2.05, 4.69) is 4.84 Å². The Balaban J connectivity index is 4.54. The summed E-state index contributed by atoms with van der Waals surface area (Å²) in [5.41, 5.74) is -0.709. The molecule has 0 fully saturated rings. The summed E-state index contributed by atoms with van der Waals surface area (Å²) in [4.78, 5) is 50.6. The van der Waals surface area contributed by atoms with Crippen molar-refractivity contribution in [2.75, 3.05) is 19.8 Å². The standard InChI is InChI=1S/C19H33NO9/c1-5-6-7-11-27-18(23)15(14-17(22)29-19(2,3)4)13-16(21)26-10-8-9-12-28-20(24)25/h15H,5-14H2,1-4H3. The second-order valence-corrected chi connectivity index (χ2v) is 7.55. The summed E-state index contributed by atoms with van der Waals surface area (Å²) >= 11 is 0. The maximum atomic E-state index is 12.3. The molecule has 0 rings (SSSR count). The zero-order valence-corrected chi connectivity index (χ0v) is 17.8. The maximum Gasteiger partial charge on any atom is 0.310 e. The van der Waals surface area contributed by atoms with Crippen LogP contribution in [0.5, 0.6) is 0 Å². The van der Waals surface area contributed by atoms with E-state index in [0.29, 0.717) is 19.3 Å². The van der Waals surface area contributed by atoms with E-state index >= 15 is 0 Å². The molecule has 0 saturated carbocycles. The first-order valence-corrected chi connectivity index (χ1v) is 9.86. The fourth-order valence-corrected chi connectivity index (χ4v) is 2.26. The number of rotatable bonds is 15. The Hall–Kier alpha value is -2.39. The first-order chi connectivity index (χ1) is 13.5. The van der Waals surface area contributed by atoms with Crippen molar-refractivity contribution in [2.24, 2.45) is 5.92 Å². The Labute approximate surface area is 171 Å². The van der Waals surface area contributed by atoms with Gasteiger partial charge in [0.05, 0.1) is 38.6 Å². The van der Waals surface area contributed by atoms with Crippen molar-refractivity contribution in [3.8, 4) is 0 Å². The molecule has 0 saturated heterocycles. The first kappa shape index (κ1) is 26.6. The Kier molecular flexibility index (Phi) is 13.4. The average Bonchev–Trinajstić information content (AvgIpc) is 2.59. The van der Waals surface area contributed by atoms with Crippen LogP contribution in [0.3, 0.4) is 0 Å². The summed E-state index contributed by atoms with van der Waals surface area (Å²) in [6.45, 7) is 7.32. The van der Waals surface area contributed by atoms with Crippen LogP contribution in [0, 0.1) is 16.0 Å². The molecule has 0 heterocycles. The molecular weight excluding hydrogens is 386 g/mol. The molecule has 10 nitrogen and oxygen atoms in total. The molecule has 0 aromatic carbocycles. The lowest BCUT2D eigenvalue weighted by atomic mass is 10.0. The molecule has 0 aromatic heterocycles. The fraction of sp³-hybridized carbons (Fsp3) is 0.842. The third kappa shape index (κ3) is 16.3. The number of unbranched alkanes of at least 4 members (excludes halogenated alkanes) is 3. The van der Waals surface area contributed by atoms with E-state index in [1.807, 2.05) is 6.92 Å². The highest BCUT2D eigenvalue weighted by Crippen LogP contribution is 2.17. The molecule has 0 bridgehead atoms. The molecule has 0 spiro atoms. The molecule has 29 heavy (non-hydrogen) atoms. The van der Waals surface area contributed by atoms with Crippen molar-refractivity contribution in [1.82, 2.24) is 0 Å². The predicted octanol–water partition coefficient (Wildman–Crippen LogP) is 2.99. The molecule has 0 amide bonds. The van der Waals surface area contributed by atoms with Gasteiger partial charge in [0.1, 0.15) is 5.60 Å². The lowest BCUT2D eigenvalue weighted by molar-refractivity contribution is -0.757. The minimum atomic E-state index is -0.989. The van der Waals surface area contributed by atoms with Crippen LogP contribution in [-0.4, -0.2) is 48.4 Å². The summed E-state index contributed by atoms with van der Waals surface area (Å²) in [5.74, 6) is -2.88. The molecule has 0 aliphatic carbocycles. The number of carbonyl (C=O) groups is 3. The summed E-state index contributed by atoms with van der Waals surface area (Å²) in [5, 5.41) is 9.14. The second-order valence-electron chi connectivity index (χ2n) is 7.55. The Morgan fingerprint density at radius 3 is 2.03 bits per heavy atom. The highest BCUT2D eigenvalue weighted by atomic mass is 16.9. The first-order valence-electron chi connectivity index (χ1n) is 9.86. The summed E-state index contributed by atoms with van der Waals surface area (Å²) in [6, 6.07) is 0. The van der Waals surface area contributed by atoms with Crippen molar-refractivity contribution in [1.29, 1.82) is 0 Å². The van der Waals surface area contributed by atoms with Crippen LogP contribution < -0.4 is 0 Å². The van der Waals surface area contributed by atoms with E-state index in [1.54, 1.807) is 20.8 Å². The van der Waals surface area contributed by atoms with Gasteiger partial charge in [-0.15, -0.1) is 10.1 Å². The minimum absolute atomic E-state index is 0.0324. The van der Waals surface area contributed by atoms with Gasteiger partial charge in [0.2, 0.25) is 0 Å². The third-order valence-corrected chi connectivity index (χ3v) is 3.57. The van der Waals surface area contributed by atoms with Crippen LogP contribution in [0.4, 0.5) is 0 Å². The molecule has 168 valence electrons. The highest BCUT2D eigenvalue weighted by Gasteiger charge is 2.29. The lowest BCUT2D eigenvalue weighted by Crippen LogP contribution is -2.29. The van der Waals surface area contributed by atoms with Gasteiger partial charge >= 0.3 is 17.9 Å². The zero-order chi connectivity index (χ0) is 22.3. The van der Waals surface area contributed by atoms with Crippen LogP contribution in [-0.2, 0) is 33.4 Å². The quantitative estimate of drug-likeness (QED) is 0.129. The van der Waals surface area contributed by atoms with Gasteiger partial charge in [0.25, 0.3) is 5.09 Å². The normalized spacial score (nSPS) is 12.0. The summed E-state index contributed by atoms with van der Waals surface area (Å²) < 4.78 is 15.4. The van der Waals surface area contributed by atoms with Crippen molar-refractivity contribution in [2.45, 2.75) is 78.2 Å². The van der Waals surface area contributed by atoms with Crippen LogP contribution >= 0.6 is 0 Å². The fourth-order valence-electron chi connectivity index (χ4n) is 2.26. The number of ether oxygens (including phenoxy) is 3. The Bertz CT molecular complexity index is 528. The monoisotopic (exact) mass is 419 g/mol. The van der Waals surface area contributed by atoms with Gasteiger partial charge in [-0.3, -0.25) is 14.4 Å². The van der Waals surface area contributed by atoms with Gasteiger partial charge in [0.15, 0.2) is 0 Å². The number of carbonyl (C=O) groups excluding carboxylic acids is 3. The molecule has 1 unspecified atom stereocenters. The number of hydrogen-bond acceptors (Lipinski definition) is 9. The minimum Gasteiger partial charge on any atom is -0.466 e. The topological polar surface area (TPSA) is 131 Å². The molecule has 0 aromatic rings. The Morgan fingerprint density at radius 1 is 0.897 bits per heavy atom. The highest BCUT2D eigenvalue weighted by molar-refractivity contribution is 5.84. The van der Waals surface area contributed by atoms with Crippen LogP contribution in [0.25, 0.3) is 0 Å². The van der Waals surface area contributed by atoms with Gasteiger partial charge in [0, 0.05) is 0 Å². The molecule has 1 atom stereocenters. The number of nitrogens with zero attached hydrogens (tertiary/aromatic N) is 1. The van der Waals surface area contributed by atoms with Crippen molar-refractivity contribution in [3.05, 3.63) is 10.1 Å². The maximum absolute atomic E-state index is 12.3. The molecule has 0 aliphatic heterocycles. The molecule has 0 aliphatic rings. The van der Waals surface area contributed by atoms with Crippen molar-refractivity contribution in [3.63, 3.8) is 0 Å². The molecule has 0 radical (unpaired) electrons. The van der Waals surface area contributed by atoms with Crippen molar-refractivity contribution < 1.29 is 38.5 Å². The molecule has 10 heteroatoms. The molecular formula is C19H33NO9. The SMILES string of the molecule is CCCCCOC(=O)C(CC(=O)OCCCCO[N+](=O)[O-])CC(=O)OC(C)(C)C. The van der Waals surface area contributed by atoms with Gasteiger partial charge in [-0.1, -0.05) is 19.8 Å². The number of esters is 3. The zero-order valence-electron chi connectivity index (χ0n) is 17.8. The predicted molar refractivity (Wildman–Crippen MR) is 102 cm³/mol. The number of hydrogen-bond donors (Lipinski definition) is 0. The van der Waals surface area contributed by atoms with E-state index in [1.165, 1.54) is 0 Å². The summed E-state index contributed by atoms with van der Waals surface area (Å²) in [6.07, 6.45) is 2.71. The third-order valence-electron chi connectivity index (χ3n) is 3.57. The van der Waals surface area contributed by atoms with Crippen LogP contribution in [0.2, 0.25) is 0 Å². The van der Waals surface area contributed by atoms with Gasteiger partial charge in [-0.25, -0.2) is 0 Å². The average molecular weight is 419 g/mol. The van der Waals surface area contributed by atoms with E-state index < -0.39 is 34.5 Å². The van der Waals surface area contributed by atoms with Crippen molar-refractivity contribution >= 4 is 17.9 Å². The largest absolute Gasteiger partial charge is 0.466 e. The van der Waals surface area contributed by atoms with E-state index in [0.717, 1.165) is 12.8 Å². The van der Waals surface area contributed by atoms with E-state index in [-0.39, 0.29) is 32.7 Å². The van der Waals surface area contributed by atoms with Crippen LogP contribution in [0.15, 0.2) is 0 Å². The summed E-state index contributed by atoms with van der Waals surface area (Å²) in [7, 11) is 0. The van der Waals surface area contributed by atoms with Gasteiger partial charge in [-0.05, 0) is 40.0 Å². The van der Waals surface area contributed by atoms with Crippen LogP contribution in [0.1, 0.15) is 72.6 Å².